The summed E-state index contributed by atoms with van der Waals surface area (Å²) < 4.78 is 10.2. The highest BCUT2D eigenvalue weighted by atomic mass is 16.5. The van der Waals surface area contributed by atoms with Gasteiger partial charge in [0, 0.05) is 11.1 Å². The van der Waals surface area contributed by atoms with Crippen LogP contribution in [-0.2, 0) is 6.61 Å². The number of furan rings is 1. The summed E-state index contributed by atoms with van der Waals surface area (Å²) in [4.78, 5) is 21.8. The molecule has 6 heteroatoms. The van der Waals surface area contributed by atoms with E-state index in [1.165, 1.54) is 18.4 Å². The van der Waals surface area contributed by atoms with Crippen LogP contribution in [0.3, 0.4) is 0 Å². The molecule has 0 radical (unpaired) electrons. The zero-order valence-corrected chi connectivity index (χ0v) is 9.83. The molecule has 0 fully saturated rings. The summed E-state index contributed by atoms with van der Waals surface area (Å²) in [5.41, 5.74) is 5.89. The minimum Gasteiger partial charge on any atom is -0.489 e. The Labute approximate surface area is 108 Å². The number of primary amides is 1. The third-order valence-electron chi connectivity index (χ3n) is 2.45. The van der Waals surface area contributed by atoms with Crippen molar-refractivity contribution in [3.8, 4) is 5.75 Å². The molecule has 0 spiro atoms. The summed E-state index contributed by atoms with van der Waals surface area (Å²) in [5, 5.41) is 8.86. The quantitative estimate of drug-likeness (QED) is 0.851. The lowest BCUT2D eigenvalue weighted by Gasteiger charge is -2.06. The number of rotatable bonds is 5. The molecule has 3 N–H and O–H groups in total. The first-order chi connectivity index (χ1) is 9.08. The molecular formula is C13H11NO5. The second kappa shape index (κ2) is 5.26. The summed E-state index contributed by atoms with van der Waals surface area (Å²) in [6.45, 7) is 0.0281. The molecule has 2 aromatic rings. The molecule has 0 aliphatic carbocycles. The molecule has 98 valence electrons. The third-order valence-corrected chi connectivity index (χ3v) is 2.45. The van der Waals surface area contributed by atoms with E-state index in [1.54, 1.807) is 18.2 Å². The number of amides is 1. The van der Waals surface area contributed by atoms with Gasteiger partial charge in [-0.05, 0) is 24.3 Å². The molecular weight excluding hydrogens is 250 g/mol. The third kappa shape index (κ3) is 2.92. The van der Waals surface area contributed by atoms with Gasteiger partial charge in [0.25, 0.3) is 0 Å². The molecule has 6 nitrogen and oxygen atoms in total. The first kappa shape index (κ1) is 12.7. The molecule has 0 saturated carbocycles. The van der Waals surface area contributed by atoms with Gasteiger partial charge in [-0.25, -0.2) is 4.79 Å². The second-order valence-corrected chi connectivity index (χ2v) is 3.76. The predicted molar refractivity (Wildman–Crippen MR) is 65.0 cm³/mol. The van der Waals surface area contributed by atoms with Crippen molar-refractivity contribution < 1.29 is 23.8 Å². The van der Waals surface area contributed by atoms with E-state index >= 15 is 0 Å². The van der Waals surface area contributed by atoms with Gasteiger partial charge in [-0.3, -0.25) is 4.79 Å². The van der Waals surface area contributed by atoms with E-state index in [0.29, 0.717) is 16.9 Å². The van der Waals surface area contributed by atoms with E-state index in [-0.39, 0.29) is 12.4 Å². The fourth-order valence-corrected chi connectivity index (χ4v) is 1.54. The fourth-order valence-electron chi connectivity index (χ4n) is 1.54. The van der Waals surface area contributed by atoms with Crippen molar-refractivity contribution in [2.45, 2.75) is 6.61 Å². The van der Waals surface area contributed by atoms with Crippen LogP contribution in [0, 0.1) is 0 Å². The maximum absolute atomic E-state index is 11.0. The molecule has 0 aliphatic heterocycles. The lowest BCUT2D eigenvalue weighted by molar-refractivity contribution is 0.0658. The number of hydrogen-bond acceptors (Lipinski definition) is 4. The highest BCUT2D eigenvalue weighted by Crippen LogP contribution is 2.17. The molecule has 1 aromatic carbocycles. The van der Waals surface area contributed by atoms with Crippen LogP contribution in [0.2, 0.25) is 0 Å². The maximum Gasteiger partial charge on any atom is 0.372 e. The molecule has 0 saturated heterocycles. The minimum atomic E-state index is -1.16. The van der Waals surface area contributed by atoms with E-state index < -0.39 is 11.9 Å². The fraction of sp³-hybridized carbons (Fsp3) is 0.0769. The summed E-state index contributed by atoms with van der Waals surface area (Å²) in [5.74, 6) is -1.45. The van der Waals surface area contributed by atoms with Gasteiger partial charge in [0.15, 0.2) is 0 Å². The number of carbonyl (C=O) groups is 2. The van der Waals surface area contributed by atoms with Crippen molar-refractivity contribution in [3.63, 3.8) is 0 Å². The lowest BCUT2D eigenvalue weighted by atomic mass is 10.2. The standard InChI is InChI=1S/C13H11NO5/c14-12(15)8-2-1-3-10(6-8)19-7-9-4-5-18-11(9)13(16)17/h1-6H,7H2,(H2,14,15)(H,16,17). The van der Waals surface area contributed by atoms with E-state index in [2.05, 4.69) is 0 Å². The van der Waals surface area contributed by atoms with Crippen LogP contribution in [0.4, 0.5) is 0 Å². The Morgan fingerprint density at radius 2 is 2.11 bits per heavy atom. The van der Waals surface area contributed by atoms with Gasteiger partial charge < -0.3 is 20.0 Å². The SMILES string of the molecule is NC(=O)c1cccc(OCc2ccoc2C(=O)O)c1. The number of hydrogen-bond donors (Lipinski definition) is 2. The van der Waals surface area contributed by atoms with Crippen molar-refractivity contribution in [2.75, 3.05) is 0 Å². The number of carboxylic acid groups (broad SMARTS) is 1. The topological polar surface area (TPSA) is 103 Å². The molecule has 0 aliphatic rings. The van der Waals surface area contributed by atoms with Gasteiger partial charge in [-0.15, -0.1) is 0 Å². The Balaban J connectivity index is 2.10. The van der Waals surface area contributed by atoms with Crippen LogP contribution in [0.5, 0.6) is 5.75 Å². The van der Waals surface area contributed by atoms with Crippen LogP contribution in [0.15, 0.2) is 41.0 Å². The van der Waals surface area contributed by atoms with Crippen molar-refractivity contribution in [2.24, 2.45) is 5.73 Å². The van der Waals surface area contributed by atoms with Gasteiger partial charge in [0.2, 0.25) is 11.7 Å². The number of benzene rings is 1. The van der Waals surface area contributed by atoms with Crippen molar-refractivity contribution in [1.82, 2.24) is 0 Å². The molecule has 2 rings (SSSR count). The molecule has 1 aromatic heterocycles. The predicted octanol–water partition coefficient (Wildman–Crippen LogP) is 1.66. The molecule has 0 atom stereocenters. The van der Waals surface area contributed by atoms with E-state index in [9.17, 15) is 9.59 Å². The largest absolute Gasteiger partial charge is 0.489 e. The Kier molecular flexibility index (Phi) is 3.51. The number of ether oxygens (including phenoxy) is 1. The smallest absolute Gasteiger partial charge is 0.372 e. The summed E-state index contributed by atoms with van der Waals surface area (Å²) in [6, 6.07) is 7.84. The van der Waals surface area contributed by atoms with E-state index in [1.807, 2.05) is 0 Å². The van der Waals surface area contributed by atoms with Crippen molar-refractivity contribution >= 4 is 11.9 Å². The summed E-state index contributed by atoms with van der Waals surface area (Å²) >= 11 is 0. The Hall–Kier alpha value is -2.76. The number of carboxylic acids is 1. The average molecular weight is 261 g/mol. The Morgan fingerprint density at radius 3 is 2.79 bits per heavy atom. The summed E-state index contributed by atoms with van der Waals surface area (Å²) in [6.07, 6.45) is 1.28. The number of nitrogens with two attached hydrogens (primary N) is 1. The molecule has 0 unspecified atom stereocenters. The lowest BCUT2D eigenvalue weighted by Crippen LogP contribution is -2.10. The highest BCUT2D eigenvalue weighted by Gasteiger charge is 2.14. The monoisotopic (exact) mass is 261 g/mol. The molecule has 19 heavy (non-hydrogen) atoms. The van der Waals surface area contributed by atoms with E-state index in [4.69, 9.17) is 20.0 Å². The first-order valence-corrected chi connectivity index (χ1v) is 5.40. The van der Waals surface area contributed by atoms with Crippen molar-refractivity contribution in [3.05, 3.63) is 53.5 Å². The van der Waals surface area contributed by atoms with Crippen LogP contribution in [0.1, 0.15) is 26.5 Å². The average Bonchev–Trinajstić information content (AvgIpc) is 2.85. The second-order valence-electron chi connectivity index (χ2n) is 3.76. The van der Waals surface area contributed by atoms with Crippen LogP contribution >= 0.6 is 0 Å². The Morgan fingerprint density at radius 1 is 1.32 bits per heavy atom. The van der Waals surface area contributed by atoms with Gasteiger partial charge in [-0.2, -0.15) is 0 Å². The highest BCUT2D eigenvalue weighted by molar-refractivity contribution is 5.93. The van der Waals surface area contributed by atoms with E-state index in [0.717, 1.165) is 0 Å². The maximum atomic E-state index is 11.0. The molecule has 0 bridgehead atoms. The zero-order valence-electron chi connectivity index (χ0n) is 9.83. The van der Waals surface area contributed by atoms with Crippen LogP contribution < -0.4 is 10.5 Å². The first-order valence-electron chi connectivity index (χ1n) is 5.40. The van der Waals surface area contributed by atoms with Gasteiger partial charge in [0.05, 0.1) is 6.26 Å². The minimum absolute atomic E-state index is 0.0281. The van der Waals surface area contributed by atoms with Crippen LogP contribution in [0.25, 0.3) is 0 Å². The van der Waals surface area contributed by atoms with Crippen LogP contribution in [-0.4, -0.2) is 17.0 Å². The number of aromatic carboxylic acids is 1. The zero-order chi connectivity index (χ0) is 13.8. The van der Waals surface area contributed by atoms with Gasteiger partial charge >= 0.3 is 5.97 Å². The molecule has 1 amide bonds. The Bertz CT molecular complexity index is 617. The summed E-state index contributed by atoms with van der Waals surface area (Å²) in [7, 11) is 0. The van der Waals surface area contributed by atoms with Crippen molar-refractivity contribution in [1.29, 1.82) is 0 Å². The molecule has 1 heterocycles. The normalized spacial score (nSPS) is 10.1. The van der Waals surface area contributed by atoms with Gasteiger partial charge in [-0.1, -0.05) is 6.07 Å². The number of carbonyl (C=O) groups excluding carboxylic acids is 1. The van der Waals surface area contributed by atoms with Gasteiger partial charge in [0.1, 0.15) is 12.4 Å².